The van der Waals surface area contributed by atoms with Gasteiger partial charge >= 0.3 is 0 Å². The topological polar surface area (TPSA) is 87.3 Å². The molecule has 0 unspecified atom stereocenters. The van der Waals surface area contributed by atoms with Gasteiger partial charge in [-0.25, -0.2) is 0 Å². The lowest BCUT2D eigenvalue weighted by atomic mass is 10.0. The van der Waals surface area contributed by atoms with E-state index in [0.29, 0.717) is 18.0 Å². The van der Waals surface area contributed by atoms with Gasteiger partial charge in [-0.1, -0.05) is 23.7 Å². The summed E-state index contributed by atoms with van der Waals surface area (Å²) in [6, 6.07) is 7.43. The first-order valence-electron chi connectivity index (χ1n) is 6.67. The minimum Gasteiger partial charge on any atom is -0.356 e. The molecule has 0 radical (unpaired) electrons. The molecule has 112 valence electrons. The van der Waals surface area contributed by atoms with Crippen molar-refractivity contribution in [3.05, 3.63) is 34.9 Å². The number of amides is 3. The van der Waals surface area contributed by atoms with Crippen molar-refractivity contribution in [2.24, 2.45) is 5.92 Å². The number of nitrogens with one attached hydrogen (secondary N) is 3. The van der Waals surface area contributed by atoms with E-state index in [1.807, 2.05) is 18.2 Å². The third-order valence-electron chi connectivity index (χ3n) is 3.23. The number of carbonyl (C=O) groups is 3. The molecule has 1 aromatic rings. The van der Waals surface area contributed by atoms with E-state index >= 15 is 0 Å². The minimum absolute atomic E-state index is 0.140. The molecule has 3 amide bonds. The van der Waals surface area contributed by atoms with Gasteiger partial charge in [-0.15, -0.1) is 0 Å². The Hall–Kier alpha value is -2.08. The average molecular weight is 310 g/mol. The van der Waals surface area contributed by atoms with E-state index in [9.17, 15) is 14.4 Å². The number of benzene rings is 1. The molecular formula is C14H16ClN3O3. The first kappa shape index (κ1) is 15.3. The van der Waals surface area contributed by atoms with Crippen molar-refractivity contribution in [2.45, 2.75) is 19.3 Å². The Morgan fingerprint density at radius 3 is 2.62 bits per heavy atom. The van der Waals surface area contributed by atoms with Crippen LogP contribution in [0.4, 0.5) is 0 Å². The minimum atomic E-state index is -0.774. The zero-order valence-corrected chi connectivity index (χ0v) is 12.1. The molecule has 1 saturated heterocycles. The molecule has 0 spiro atoms. The summed E-state index contributed by atoms with van der Waals surface area (Å²) in [4.78, 5) is 34.2. The highest BCUT2D eigenvalue weighted by Crippen LogP contribution is 2.11. The number of hydrazine groups is 1. The number of hydrogen-bond acceptors (Lipinski definition) is 3. The normalized spacial score (nSPS) is 14.7. The van der Waals surface area contributed by atoms with Gasteiger partial charge < -0.3 is 5.32 Å². The predicted molar refractivity (Wildman–Crippen MR) is 77.2 cm³/mol. The van der Waals surface area contributed by atoms with E-state index in [1.165, 1.54) is 0 Å². The molecule has 1 aliphatic heterocycles. The van der Waals surface area contributed by atoms with Gasteiger partial charge in [-0.3, -0.25) is 25.2 Å². The van der Waals surface area contributed by atoms with Gasteiger partial charge in [-0.05, 0) is 30.5 Å². The van der Waals surface area contributed by atoms with E-state index in [-0.39, 0.29) is 30.6 Å². The van der Waals surface area contributed by atoms with Crippen LogP contribution < -0.4 is 16.2 Å². The third-order valence-corrected chi connectivity index (χ3v) is 3.46. The highest BCUT2D eigenvalue weighted by atomic mass is 35.5. The van der Waals surface area contributed by atoms with Crippen LogP contribution in [0.3, 0.4) is 0 Å². The summed E-state index contributed by atoms with van der Waals surface area (Å²) in [6.45, 7) is 0.488. The van der Waals surface area contributed by atoms with Gasteiger partial charge in [0.25, 0.3) is 11.8 Å². The number of rotatable bonds is 6. The second-order valence-electron chi connectivity index (χ2n) is 4.80. The number of hydrogen-bond donors (Lipinski definition) is 3. The van der Waals surface area contributed by atoms with E-state index < -0.39 is 5.92 Å². The maximum Gasteiger partial charge on any atom is 0.251 e. The highest BCUT2D eigenvalue weighted by Gasteiger charge is 2.32. The second kappa shape index (κ2) is 7.08. The molecule has 0 aromatic heterocycles. The predicted octanol–water partition coefficient (Wildman–Crippen LogP) is 0.556. The lowest BCUT2D eigenvalue weighted by Crippen LogP contribution is -2.28. The quantitative estimate of drug-likeness (QED) is 0.671. The fraction of sp³-hybridized carbons (Fsp3) is 0.357. The fourth-order valence-electron chi connectivity index (χ4n) is 2.08. The third kappa shape index (κ3) is 4.46. The second-order valence-corrected chi connectivity index (χ2v) is 5.24. The van der Waals surface area contributed by atoms with Crippen LogP contribution in [-0.2, 0) is 20.8 Å². The molecule has 2 rings (SSSR count). The molecule has 3 N–H and O–H groups in total. The molecular weight excluding hydrogens is 294 g/mol. The monoisotopic (exact) mass is 309 g/mol. The van der Waals surface area contributed by atoms with Crippen molar-refractivity contribution < 1.29 is 14.4 Å². The van der Waals surface area contributed by atoms with Crippen LogP contribution in [0.25, 0.3) is 0 Å². The van der Waals surface area contributed by atoms with Gasteiger partial charge in [0, 0.05) is 18.0 Å². The summed E-state index contributed by atoms with van der Waals surface area (Å²) < 4.78 is 0. The van der Waals surface area contributed by atoms with E-state index in [1.54, 1.807) is 6.07 Å². The molecule has 1 aromatic carbocycles. The van der Waals surface area contributed by atoms with Crippen molar-refractivity contribution in [2.75, 3.05) is 6.54 Å². The molecule has 21 heavy (non-hydrogen) atoms. The van der Waals surface area contributed by atoms with E-state index in [4.69, 9.17) is 11.6 Å². The number of halogens is 1. The van der Waals surface area contributed by atoms with Gasteiger partial charge in [-0.2, -0.15) is 0 Å². The molecule has 1 aliphatic rings. The van der Waals surface area contributed by atoms with Crippen molar-refractivity contribution in [1.82, 2.24) is 16.2 Å². The Morgan fingerprint density at radius 2 is 1.95 bits per heavy atom. The van der Waals surface area contributed by atoms with Crippen LogP contribution in [0.5, 0.6) is 0 Å². The van der Waals surface area contributed by atoms with Crippen LogP contribution >= 0.6 is 11.6 Å². The van der Waals surface area contributed by atoms with Gasteiger partial charge in [0.2, 0.25) is 5.91 Å². The van der Waals surface area contributed by atoms with Crippen LogP contribution in [-0.4, -0.2) is 24.3 Å². The maximum atomic E-state index is 11.7. The van der Waals surface area contributed by atoms with Crippen molar-refractivity contribution in [1.29, 1.82) is 0 Å². The Bertz CT molecular complexity index is 546. The molecule has 7 heteroatoms. The molecule has 1 fully saturated rings. The lowest BCUT2D eigenvalue weighted by Gasteiger charge is -2.07. The molecule has 6 nitrogen and oxygen atoms in total. The maximum absolute atomic E-state index is 11.7. The van der Waals surface area contributed by atoms with Gasteiger partial charge in [0.1, 0.15) is 5.92 Å². The fourth-order valence-corrected chi connectivity index (χ4v) is 2.29. The molecule has 0 bridgehead atoms. The standard InChI is InChI=1S/C14H16ClN3O3/c15-10-3-1-2-9(8-10)6-7-16-12(19)5-4-11-13(20)17-18-14(11)21/h1-3,8,11H,4-7H2,(H,16,19)(H,17,20)(H,18,21). The van der Waals surface area contributed by atoms with E-state index in [0.717, 1.165) is 5.56 Å². The van der Waals surface area contributed by atoms with Crippen molar-refractivity contribution >= 4 is 29.3 Å². The van der Waals surface area contributed by atoms with Crippen LogP contribution in [0.1, 0.15) is 18.4 Å². The summed E-state index contributed by atoms with van der Waals surface area (Å²) in [5, 5.41) is 3.42. The van der Waals surface area contributed by atoms with Gasteiger partial charge in [0.15, 0.2) is 0 Å². The average Bonchev–Trinajstić information content (AvgIpc) is 2.76. The van der Waals surface area contributed by atoms with Crippen LogP contribution in [0.15, 0.2) is 24.3 Å². The lowest BCUT2D eigenvalue weighted by molar-refractivity contribution is -0.128. The van der Waals surface area contributed by atoms with Gasteiger partial charge in [0.05, 0.1) is 0 Å². The van der Waals surface area contributed by atoms with Crippen LogP contribution in [0.2, 0.25) is 5.02 Å². The molecule has 1 heterocycles. The summed E-state index contributed by atoms with van der Waals surface area (Å²) in [6.07, 6.45) is 1.03. The largest absolute Gasteiger partial charge is 0.356 e. The Kier molecular flexibility index (Phi) is 5.16. The molecule has 0 saturated carbocycles. The van der Waals surface area contributed by atoms with Crippen molar-refractivity contribution in [3.8, 4) is 0 Å². The zero-order chi connectivity index (χ0) is 15.2. The Labute approximate surface area is 127 Å². The van der Waals surface area contributed by atoms with Crippen LogP contribution in [0, 0.1) is 5.92 Å². The summed E-state index contributed by atoms with van der Waals surface area (Å²) in [5.74, 6) is -1.72. The smallest absolute Gasteiger partial charge is 0.251 e. The zero-order valence-electron chi connectivity index (χ0n) is 11.3. The Balaban J connectivity index is 1.68. The Morgan fingerprint density at radius 1 is 1.24 bits per heavy atom. The summed E-state index contributed by atoms with van der Waals surface area (Å²) in [7, 11) is 0. The summed E-state index contributed by atoms with van der Waals surface area (Å²) >= 11 is 5.87. The molecule has 0 atom stereocenters. The SMILES string of the molecule is O=C(CCC1C(=O)NNC1=O)NCCc1cccc(Cl)c1. The first-order valence-corrected chi connectivity index (χ1v) is 7.05. The number of carbonyl (C=O) groups excluding carboxylic acids is 3. The first-order chi connectivity index (χ1) is 10.1. The van der Waals surface area contributed by atoms with Crippen molar-refractivity contribution in [3.63, 3.8) is 0 Å². The van der Waals surface area contributed by atoms with E-state index in [2.05, 4.69) is 16.2 Å². The molecule has 0 aliphatic carbocycles. The highest BCUT2D eigenvalue weighted by molar-refractivity contribution is 6.30. The summed E-state index contributed by atoms with van der Waals surface area (Å²) in [5.41, 5.74) is 5.50.